The summed E-state index contributed by atoms with van der Waals surface area (Å²) in [7, 11) is 0. The fourth-order valence-corrected chi connectivity index (χ4v) is 3.29. The zero-order valence-corrected chi connectivity index (χ0v) is 16.1. The molecular formula is C21H26N4O2. The minimum atomic E-state index is -0.144. The van der Waals surface area contributed by atoms with Gasteiger partial charge in [-0.1, -0.05) is 32.0 Å². The summed E-state index contributed by atoms with van der Waals surface area (Å²) in [6, 6.07) is 11.4. The summed E-state index contributed by atoms with van der Waals surface area (Å²) >= 11 is 0. The van der Waals surface area contributed by atoms with Crippen molar-refractivity contribution in [1.29, 1.82) is 0 Å². The number of amides is 2. The van der Waals surface area contributed by atoms with Gasteiger partial charge < -0.3 is 15.1 Å². The molecule has 6 nitrogen and oxygen atoms in total. The Morgan fingerprint density at radius 1 is 1.07 bits per heavy atom. The van der Waals surface area contributed by atoms with Crippen molar-refractivity contribution < 1.29 is 9.59 Å². The number of hydrogen-bond donors (Lipinski definition) is 1. The molecule has 6 heteroatoms. The van der Waals surface area contributed by atoms with E-state index >= 15 is 0 Å². The van der Waals surface area contributed by atoms with Crippen LogP contribution in [0.15, 0.2) is 42.6 Å². The highest BCUT2D eigenvalue weighted by atomic mass is 16.2. The van der Waals surface area contributed by atoms with Gasteiger partial charge in [0.25, 0.3) is 5.91 Å². The van der Waals surface area contributed by atoms with Crippen LogP contribution in [0.1, 0.15) is 42.6 Å². The average Bonchev–Trinajstić information content (AvgIpc) is 2.68. The fourth-order valence-electron chi connectivity index (χ4n) is 3.29. The van der Waals surface area contributed by atoms with Gasteiger partial charge in [0, 0.05) is 50.6 Å². The molecule has 1 aliphatic heterocycles. The number of aromatic nitrogens is 1. The van der Waals surface area contributed by atoms with Crippen LogP contribution in [0.3, 0.4) is 0 Å². The maximum atomic E-state index is 12.8. The number of benzene rings is 1. The molecule has 2 heterocycles. The van der Waals surface area contributed by atoms with Gasteiger partial charge in [0.2, 0.25) is 5.91 Å². The smallest absolute Gasteiger partial charge is 0.255 e. The van der Waals surface area contributed by atoms with Crippen molar-refractivity contribution in [2.45, 2.75) is 26.7 Å². The molecule has 1 saturated heterocycles. The summed E-state index contributed by atoms with van der Waals surface area (Å²) in [6.07, 6.45) is 1.66. The molecular weight excluding hydrogens is 340 g/mol. The van der Waals surface area contributed by atoms with E-state index in [0.29, 0.717) is 37.7 Å². The predicted octanol–water partition coefficient (Wildman–Crippen LogP) is 3.13. The molecule has 0 radical (unpaired) electrons. The third kappa shape index (κ3) is 4.45. The standard InChI is InChI=1S/C21H26N4O2/c1-15(2)18-6-4-5-7-19(18)23-21(27)17-8-9-22-20(14-17)25-12-10-24(11-13-25)16(3)26/h4-9,14-15H,10-13H2,1-3H3,(H,23,27). The number of carbonyl (C=O) groups excluding carboxylic acids is 2. The van der Waals surface area contributed by atoms with Crippen molar-refractivity contribution >= 4 is 23.3 Å². The van der Waals surface area contributed by atoms with Crippen molar-refractivity contribution in [2.75, 3.05) is 36.4 Å². The Morgan fingerprint density at radius 3 is 2.44 bits per heavy atom. The normalized spacial score (nSPS) is 14.4. The Kier molecular flexibility index (Phi) is 5.74. The Bertz CT molecular complexity index is 826. The van der Waals surface area contributed by atoms with Gasteiger partial charge in [0.15, 0.2) is 0 Å². The molecule has 1 aromatic heterocycles. The zero-order chi connectivity index (χ0) is 19.4. The van der Waals surface area contributed by atoms with E-state index in [-0.39, 0.29) is 11.8 Å². The second kappa shape index (κ2) is 8.20. The topological polar surface area (TPSA) is 65.5 Å². The molecule has 1 fully saturated rings. The van der Waals surface area contributed by atoms with Crippen molar-refractivity contribution in [3.8, 4) is 0 Å². The van der Waals surface area contributed by atoms with Gasteiger partial charge in [-0.25, -0.2) is 4.98 Å². The minimum absolute atomic E-state index is 0.0968. The van der Waals surface area contributed by atoms with E-state index in [1.165, 1.54) is 0 Å². The van der Waals surface area contributed by atoms with Crippen LogP contribution in [0, 0.1) is 0 Å². The molecule has 0 atom stereocenters. The summed E-state index contributed by atoms with van der Waals surface area (Å²) in [5, 5.41) is 3.02. The molecule has 3 rings (SSSR count). The van der Waals surface area contributed by atoms with E-state index < -0.39 is 0 Å². The SMILES string of the molecule is CC(=O)N1CCN(c2cc(C(=O)Nc3ccccc3C(C)C)ccn2)CC1. The number of para-hydroxylation sites is 1. The van der Waals surface area contributed by atoms with Crippen molar-refractivity contribution in [3.05, 3.63) is 53.7 Å². The Balaban J connectivity index is 1.72. The third-order valence-corrected chi connectivity index (χ3v) is 4.89. The highest BCUT2D eigenvalue weighted by Crippen LogP contribution is 2.24. The first-order chi connectivity index (χ1) is 13.0. The number of anilines is 2. The number of carbonyl (C=O) groups is 2. The van der Waals surface area contributed by atoms with Gasteiger partial charge in [-0.3, -0.25) is 9.59 Å². The first-order valence-corrected chi connectivity index (χ1v) is 9.32. The number of piperazine rings is 1. The van der Waals surface area contributed by atoms with Gasteiger partial charge in [-0.2, -0.15) is 0 Å². The Hall–Kier alpha value is -2.89. The molecule has 0 aliphatic carbocycles. The summed E-state index contributed by atoms with van der Waals surface area (Å²) in [5.74, 6) is 1.05. The molecule has 142 valence electrons. The molecule has 0 unspecified atom stereocenters. The second-order valence-corrected chi connectivity index (χ2v) is 7.09. The first-order valence-electron chi connectivity index (χ1n) is 9.32. The lowest BCUT2D eigenvalue weighted by molar-refractivity contribution is -0.129. The summed E-state index contributed by atoms with van der Waals surface area (Å²) in [4.78, 5) is 32.6. The maximum Gasteiger partial charge on any atom is 0.255 e. The van der Waals surface area contributed by atoms with Crippen LogP contribution < -0.4 is 10.2 Å². The van der Waals surface area contributed by atoms with Gasteiger partial charge >= 0.3 is 0 Å². The molecule has 0 bridgehead atoms. The van der Waals surface area contributed by atoms with Gasteiger partial charge in [-0.05, 0) is 29.7 Å². The quantitative estimate of drug-likeness (QED) is 0.903. The highest BCUT2D eigenvalue weighted by Gasteiger charge is 2.20. The minimum Gasteiger partial charge on any atom is -0.353 e. The number of pyridine rings is 1. The van der Waals surface area contributed by atoms with E-state index in [9.17, 15) is 9.59 Å². The van der Waals surface area contributed by atoms with Crippen LogP contribution in [0.4, 0.5) is 11.5 Å². The van der Waals surface area contributed by atoms with Crippen LogP contribution in [0.25, 0.3) is 0 Å². The molecule has 27 heavy (non-hydrogen) atoms. The molecule has 1 aromatic carbocycles. The number of hydrogen-bond acceptors (Lipinski definition) is 4. The molecule has 0 saturated carbocycles. The molecule has 1 aliphatic rings. The highest BCUT2D eigenvalue weighted by molar-refractivity contribution is 6.05. The third-order valence-electron chi connectivity index (χ3n) is 4.89. The zero-order valence-electron chi connectivity index (χ0n) is 16.1. The monoisotopic (exact) mass is 366 g/mol. The van der Waals surface area contributed by atoms with E-state index in [1.807, 2.05) is 35.2 Å². The van der Waals surface area contributed by atoms with Crippen LogP contribution in [0.2, 0.25) is 0 Å². The van der Waals surface area contributed by atoms with Crippen molar-refractivity contribution in [1.82, 2.24) is 9.88 Å². The number of nitrogens with one attached hydrogen (secondary N) is 1. The summed E-state index contributed by atoms with van der Waals surface area (Å²) < 4.78 is 0. The molecule has 2 amide bonds. The van der Waals surface area contributed by atoms with Gasteiger partial charge in [-0.15, -0.1) is 0 Å². The van der Waals surface area contributed by atoms with Crippen LogP contribution >= 0.6 is 0 Å². The van der Waals surface area contributed by atoms with E-state index in [4.69, 9.17) is 0 Å². The van der Waals surface area contributed by atoms with Crippen molar-refractivity contribution in [2.24, 2.45) is 0 Å². The first kappa shape index (κ1) is 18.9. The fraction of sp³-hybridized carbons (Fsp3) is 0.381. The number of nitrogens with zero attached hydrogens (tertiary/aromatic N) is 3. The Labute approximate surface area is 160 Å². The largest absolute Gasteiger partial charge is 0.353 e. The molecule has 1 N–H and O–H groups in total. The van der Waals surface area contributed by atoms with E-state index in [0.717, 1.165) is 17.1 Å². The predicted molar refractivity (Wildman–Crippen MR) is 107 cm³/mol. The van der Waals surface area contributed by atoms with Crippen molar-refractivity contribution in [3.63, 3.8) is 0 Å². The number of rotatable bonds is 4. The van der Waals surface area contributed by atoms with Gasteiger partial charge in [0.1, 0.15) is 5.82 Å². The molecule has 2 aromatic rings. The lowest BCUT2D eigenvalue weighted by Crippen LogP contribution is -2.48. The van der Waals surface area contributed by atoms with Crippen LogP contribution in [-0.2, 0) is 4.79 Å². The Morgan fingerprint density at radius 2 is 1.78 bits per heavy atom. The average molecular weight is 366 g/mol. The lowest BCUT2D eigenvalue weighted by atomic mass is 10.0. The van der Waals surface area contributed by atoms with Crippen LogP contribution in [0.5, 0.6) is 0 Å². The second-order valence-electron chi connectivity index (χ2n) is 7.09. The lowest BCUT2D eigenvalue weighted by Gasteiger charge is -2.35. The summed E-state index contributed by atoms with van der Waals surface area (Å²) in [6.45, 7) is 8.59. The maximum absolute atomic E-state index is 12.8. The van der Waals surface area contributed by atoms with Crippen LogP contribution in [-0.4, -0.2) is 47.9 Å². The van der Waals surface area contributed by atoms with E-state index in [1.54, 1.807) is 19.2 Å². The van der Waals surface area contributed by atoms with Gasteiger partial charge in [0.05, 0.1) is 0 Å². The van der Waals surface area contributed by atoms with E-state index in [2.05, 4.69) is 29.0 Å². The summed E-state index contributed by atoms with van der Waals surface area (Å²) in [5.41, 5.74) is 2.53. The molecule has 0 spiro atoms.